The predicted octanol–water partition coefficient (Wildman–Crippen LogP) is 1.27. The molecule has 1 heterocycles. The quantitative estimate of drug-likeness (QED) is 0.536. The standard InChI is InChI=1S/C13H22O6/c1-5-13(10(14)16-3,11(15)17-4)7-6-12(2)18-8-9-19-12/h5-9H2,1-4H3. The summed E-state index contributed by atoms with van der Waals surface area (Å²) in [6.45, 7) is 4.60. The fourth-order valence-corrected chi connectivity index (χ4v) is 2.29. The molecule has 110 valence electrons. The van der Waals surface area contributed by atoms with E-state index in [1.165, 1.54) is 14.2 Å². The van der Waals surface area contributed by atoms with Crippen LogP contribution in [0, 0.1) is 5.41 Å². The normalized spacial score (nSPS) is 18.1. The maximum atomic E-state index is 12.0. The van der Waals surface area contributed by atoms with Gasteiger partial charge in [0.15, 0.2) is 11.2 Å². The van der Waals surface area contributed by atoms with Gasteiger partial charge in [-0.1, -0.05) is 6.92 Å². The van der Waals surface area contributed by atoms with Crippen molar-refractivity contribution in [1.29, 1.82) is 0 Å². The summed E-state index contributed by atoms with van der Waals surface area (Å²) >= 11 is 0. The van der Waals surface area contributed by atoms with Gasteiger partial charge in [0.2, 0.25) is 0 Å². The van der Waals surface area contributed by atoms with E-state index in [2.05, 4.69) is 0 Å². The molecule has 1 saturated heterocycles. The highest BCUT2D eigenvalue weighted by atomic mass is 16.7. The molecule has 6 heteroatoms. The molecule has 0 aliphatic carbocycles. The Kier molecular flexibility index (Phi) is 5.31. The van der Waals surface area contributed by atoms with Crippen LogP contribution in [0.5, 0.6) is 0 Å². The molecule has 0 amide bonds. The highest BCUT2D eigenvalue weighted by molar-refractivity contribution is 5.99. The fraction of sp³-hybridized carbons (Fsp3) is 0.846. The van der Waals surface area contributed by atoms with Crippen LogP contribution in [-0.2, 0) is 28.5 Å². The lowest BCUT2D eigenvalue weighted by Crippen LogP contribution is -2.42. The molecule has 6 nitrogen and oxygen atoms in total. The molecule has 0 unspecified atom stereocenters. The molecule has 1 aliphatic rings. The van der Waals surface area contributed by atoms with Gasteiger partial charge in [0.1, 0.15) is 0 Å². The van der Waals surface area contributed by atoms with Crippen LogP contribution in [0.3, 0.4) is 0 Å². The van der Waals surface area contributed by atoms with Crippen molar-refractivity contribution in [3.05, 3.63) is 0 Å². The van der Waals surface area contributed by atoms with Crippen molar-refractivity contribution < 1.29 is 28.5 Å². The van der Waals surface area contributed by atoms with Crippen LogP contribution in [0.15, 0.2) is 0 Å². The highest BCUT2D eigenvalue weighted by Crippen LogP contribution is 2.36. The number of esters is 2. The Labute approximate surface area is 113 Å². The topological polar surface area (TPSA) is 71.1 Å². The Morgan fingerprint density at radius 1 is 1.16 bits per heavy atom. The maximum absolute atomic E-state index is 12.0. The number of carbonyl (C=O) groups excluding carboxylic acids is 2. The van der Waals surface area contributed by atoms with Gasteiger partial charge in [-0.25, -0.2) is 0 Å². The smallest absolute Gasteiger partial charge is 0.323 e. The van der Waals surface area contributed by atoms with Crippen molar-refractivity contribution in [3.63, 3.8) is 0 Å². The Balaban J connectivity index is 2.84. The maximum Gasteiger partial charge on any atom is 0.323 e. The third kappa shape index (κ3) is 3.25. The molecule has 1 fully saturated rings. The molecule has 19 heavy (non-hydrogen) atoms. The van der Waals surface area contributed by atoms with E-state index in [9.17, 15) is 9.59 Å². The number of ether oxygens (including phenoxy) is 4. The van der Waals surface area contributed by atoms with E-state index in [0.29, 0.717) is 26.1 Å². The highest BCUT2D eigenvalue weighted by Gasteiger charge is 2.48. The molecule has 1 aliphatic heterocycles. The second kappa shape index (κ2) is 6.34. The Hall–Kier alpha value is -1.14. The lowest BCUT2D eigenvalue weighted by molar-refractivity contribution is -0.177. The minimum atomic E-state index is -1.29. The first kappa shape index (κ1) is 15.9. The van der Waals surface area contributed by atoms with E-state index >= 15 is 0 Å². The van der Waals surface area contributed by atoms with Crippen LogP contribution >= 0.6 is 0 Å². The summed E-state index contributed by atoms with van der Waals surface area (Å²) in [5.74, 6) is -1.91. The van der Waals surface area contributed by atoms with Gasteiger partial charge in [-0.3, -0.25) is 9.59 Å². The van der Waals surface area contributed by atoms with E-state index in [1.54, 1.807) is 13.8 Å². The zero-order valence-corrected chi connectivity index (χ0v) is 12.0. The summed E-state index contributed by atoms with van der Waals surface area (Å²) < 4.78 is 20.5. The van der Waals surface area contributed by atoms with Crippen LogP contribution in [0.2, 0.25) is 0 Å². The Morgan fingerprint density at radius 3 is 2.00 bits per heavy atom. The van der Waals surface area contributed by atoms with Gasteiger partial charge >= 0.3 is 11.9 Å². The number of carbonyl (C=O) groups is 2. The number of rotatable bonds is 6. The summed E-state index contributed by atoms with van der Waals surface area (Å²) in [5, 5.41) is 0. The Morgan fingerprint density at radius 2 is 1.63 bits per heavy atom. The zero-order chi connectivity index (χ0) is 14.5. The first-order valence-electron chi connectivity index (χ1n) is 6.39. The molecular weight excluding hydrogens is 252 g/mol. The summed E-state index contributed by atoms with van der Waals surface area (Å²) in [4.78, 5) is 23.9. The van der Waals surface area contributed by atoms with Crippen molar-refractivity contribution in [2.75, 3.05) is 27.4 Å². The van der Waals surface area contributed by atoms with Crippen LogP contribution in [0.4, 0.5) is 0 Å². The molecule has 0 spiro atoms. The van der Waals surface area contributed by atoms with Gasteiger partial charge in [-0.15, -0.1) is 0 Å². The number of hydrogen-bond acceptors (Lipinski definition) is 6. The van der Waals surface area contributed by atoms with Crippen LogP contribution < -0.4 is 0 Å². The minimum absolute atomic E-state index is 0.263. The largest absolute Gasteiger partial charge is 0.468 e. The summed E-state index contributed by atoms with van der Waals surface area (Å²) in [5.41, 5.74) is -1.29. The van der Waals surface area contributed by atoms with Gasteiger partial charge < -0.3 is 18.9 Å². The third-order valence-electron chi connectivity index (χ3n) is 3.66. The average Bonchev–Trinajstić information content (AvgIpc) is 2.86. The Bertz CT molecular complexity index is 316. The molecular formula is C13H22O6. The van der Waals surface area contributed by atoms with E-state index < -0.39 is 23.1 Å². The monoisotopic (exact) mass is 274 g/mol. The fourth-order valence-electron chi connectivity index (χ4n) is 2.29. The van der Waals surface area contributed by atoms with Crippen LogP contribution in [0.1, 0.15) is 33.1 Å². The zero-order valence-electron chi connectivity index (χ0n) is 12.0. The van der Waals surface area contributed by atoms with Gasteiger partial charge in [-0.05, 0) is 19.8 Å². The molecule has 0 aromatic heterocycles. The van der Waals surface area contributed by atoms with E-state index in [4.69, 9.17) is 18.9 Å². The minimum Gasteiger partial charge on any atom is -0.468 e. The summed E-state index contributed by atoms with van der Waals surface area (Å²) in [6.07, 6.45) is 0.993. The summed E-state index contributed by atoms with van der Waals surface area (Å²) in [7, 11) is 2.53. The van der Waals surface area contributed by atoms with Crippen LogP contribution in [0.25, 0.3) is 0 Å². The van der Waals surface area contributed by atoms with E-state index in [0.717, 1.165) is 0 Å². The van der Waals surface area contributed by atoms with Gasteiger partial charge in [0.25, 0.3) is 0 Å². The van der Waals surface area contributed by atoms with Crippen molar-refractivity contribution in [3.8, 4) is 0 Å². The van der Waals surface area contributed by atoms with Crippen molar-refractivity contribution in [2.45, 2.75) is 38.9 Å². The lowest BCUT2D eigenvalue weighted by atomic mass is 9.79. The van der Waals surface area contributed by atoms with Crippen LogP contribution in [-0.4, -0.2) is 45.2 Å². The second-order valence-corrected chi connectivity index (χ2v) is 4.75. The molecule has 0 radical (unpaired) electrons. The first-order chi connectivity index (χ1) is 8.94. The van der Waals surface area contributed by atoms with Gasteiger partial charge in [-0.2, -0.15) is 0 Å². The third-order valence-corrected chi connectivity index (χ3v) is 3.66. The van der Waals surface area contributed by atoms with Crippen molar-refractivity contribution >= 4 is 11.9 Å². The molecule has 0 bridgehead atoms. The van der Waals surface area contributed by atoms with Gasteiger partial charge in [0, 0.05) is 6.42 Å². The first-order valence-corrected chi connectivity index (χ1v) is 6.39. The van der Waals surface area contributed by atoms with Crippen molar-refractivity contribution in [1.82, 2.24) is 0 Å². The average molecular weight is 274 g/mol. The number of hydrogen-bond donors (Lipinski definition) is 0. The van der Waals surface area contributed by atoms with E-state index in [1.807, 2.05) is 0 Å². The predicted molar refractivity (Wildman–Crippen MR) is 66.3 cm³/mol. The molecule has 0 aromatic rings. The molecule has 0 atom stereocenters. The van der Waals surface area contributed by atoms with Crippen molar-refractivity contribution in [2.24, 2.45) is 5.41 Å². The second-order valence-electron chi connectivity index (χ2n) is 4.75. The molecule has 0 aromatic carbocycles. The van der Waals surface area contributed by atoms with Gasteiger partial charge in [0.05, 0.1) is 27.4 Å². The van der Waals surface area contributed by atoms with E-state index in [-0.39, 0.29) is 6.42 Å². The lowest BCUT2D eigenvalue weighted by Gasteiger charge is -2.30. The SMILES string of the molecule is CCC(CCC1(C)OCCO1)(C(=O)OC)C(=O)OC. The molecule has 0 saturated carbocycles. The molecule has 0 N–H and O–H groups in total. The molecule has 1 rings (SSSR count). The summed E-state index contributed by atoms with van der Waals surface area (Å²) in [6, 6.07) is 0. The number of methoxy groups -OCH3 is 2.